The zero-order valence-corrected chi connectivity index (χ0v) is 8.08. The Bertz CT molecular complexity index is 499. The molecule has 74 valence electrons. The summed E-state index contributed by atoms with van der Waals surface area (Å²) < 4.78 is 6.94. The summed E-state index contributed by atoms with van der Waals surface area (Å²) in [7, 11) is 1.55. The maximum absolute atomic E-state index is 8.69. The Kier molecular flexibility index (Phi) is 2.33. The van der Waals surface area contributed by atoms with Crippen molar-refractivity contribution in [1.29, 1.82) is 5.26 Å². The monoisotopic (exact) mass is 200 g/mol. The molecule has 0 aliphatic rings. The molecule has 0 saturated heterocycles. The zero-order chi connectivity index (χ0) is 10.7. The fourth-order valence-electron chi connectivity index (χ4n) is 1.25. The Labute approximate surface area is 86.6 Å². The van der Waals surface area contributed by atoms with Gasteiger partial charge in [0.25, 0.3) is 0 Å². The molecule has 5 heteroatoms. The van der Waals surface area contributed by atoms with E-state index in [4.69, 9.17) is 10.00 Å². The molecule has 0 radical (unpaired) electrons. The molecule has 2 aromatic heterocycles. The molecule has 0 atom stereocenters. The van der Waals surface area contributed by atoms with Gasteiger partial charge in [-0.2, -0.15) is 5.26 Å². The number of aromatic nitrogens is 3. The van der Waals surface area contributed by atoms with Crippen molar-refractivity contribution in [1.82, 2.24) is 14.5 Å². The first-order chi connectivity index (χ1) is 7.35. The Balaban J connectivity index is 2.54. The highest BCUT2D eigenvalue weighted by molar-refractivity contribution is 5.47. The van der Waals surface area contributed by atoms with Gasteiger partial charge in [0.15, 0.2) is 0 Å². The molecular weight excluding hydrogens is 192 g/mol. The summed E-state index contributed by atoms with van der Waals surface area (Å²) in [5, 5.41) is 8.69. The van der Waals surface area contributed by atoms with Crippen molar-refractivity contribution in [2.45, 2.75) is 0 Å². The van der Waals surface area contributed by atoms with E-state index in [0.29, 0.717) is 11.4 Å². The van der Waals surface area contributed by atoms with Crippen LogP contribution in [0.5, 0.6) is 5.75 Å². The van der Waals surface area contributed by atoms with Crippen LogP contribution in [0.15, 0.2) is 31.0 Å². The number of imidazole rings is 1. The first-order valence-corrected chi connectivity index (χ1v) is 4.27. The van der Waals surface area contributed by atoms with Gasteiger partial charge in [0.2, 0.25) is 0 Å². The molecule has 0 unspecified atom stereocenters. The normalized spacial score (nSPS) is 9.60. The van der Waals surface area contributed by atoms with Crippen LogP contribution in [0.4, 0.5) is 0 Å². The average Bonchev–Trinajstić information content (AvgIpc) is 2.81. The van der Waals surface area contributed by atoms with Crippen LogP contribution in [0, 0.1) is 11.3 Å². The molecule has 0 bridgehead atoms. The molecule has 2 rings (SSSR count). The van der Waals surface area contributed by atoms with Crippen LogP contribution in [-0.2, 0) is 0 Å². The molecule has 0 fully saturated rings. The molecule has 0 aliphatic heterocycles. The number of hydrogen-bond donors (Lipinski definition) is 0. The van der Waals surface area contributed by atoms with Gasteiger partial charge in [0.05, 0.1) is 19.6 Å². The van der Waals surface area contributed by atoms with Crippen LogP contribution < -0.4 is 4.74 Å². The van der Waals surface area contributed by atoms with Gasteiger partial charge in [-0.1, -0.05) is 0 Å². The first kappa shape index (κ1) is 9.21. The summed E-state index contributed by atoms with van der Waals surface area (Å²) in [5.74, 6) is 0.597. The summed E-state index contributed by atoms with van der Waals surface area (Å²) in [4.78, 5) is 7.90. The number of hydrogen-bond acceptors (Lipinski definition) is 4. The van der Waals surface area contributed by atoms with E-state index in [1.54, 1.807) is 42.7 Å². The van der Waals surface area contributed by atoms with E-state index >= 15 is 0 Å². The van der Waals surface area contributed by atoms with Gasteiger partial charge in [0, 0.05) is 18.5 Å². The van der Waals surface area contributed by atoms with E-state index in [9.17, 15) is 0 Å². The van der Waals surface area contributed by atoms with Crippen LogP contribution in [0.25, 0.3) is 5.69 Å². The Hall–Kier alpha value is -2.35. The van der Waals surface area contributed by atoms with Gasteiger partial charge in [0.1, 0.15) is 23.2 Å². The van der Waals surface area contributed by atoms with E-state index in [0.717, 1.165) is 5.69 Å². The van der Waals surface area contributed by atoms with Crippen LogP contribution in [0.1, 0.15) is 5.69 Å². The third-order valence-electron chi connectivity index (χ3n) is 1.96. The minimum atomic E-state index is 0.329. The smallest absolute Gasteiger partial charge is 0.147 e. The molecule has 0 amide bonds. The van der Waals surface area contributed by atoms with E-state index in [-0.39, 0.29) is 0 Å². The quantitative estimate of drug-likeness (QED) is 0.729. The van der Waals surface area contributed by atoms with Crippen molar-refractivity contribution in [3.8, 4) is 17.5 Å². The average molecular weight is 200 g/mol. The molecule has 0 saturated carbocycles. The molecule has 0 N–H and O–H groups in total. The molecular formula is C10H8N4O. The maximum Gasteiger partial charge on any atom is 0.147 e. The van der Waals surface area contributed by atoms with Gasteiger partial charge >= 0.3 is 0 Å². The number of nitriles is 1. The lowest BCUT2D eigenvalue weighted by Crippen LogP contribution is -1.97. The third kappa shape index (κ3) is 1.65. The van der Waals surface area contributed by atoms with Gasteiger partial charge in [-0.3, -0.25) is 0 Å². The van der Waals surface area contributed by atoms with E-state index in [1.807, 2.05) is 6.07 Å². The number of nitrogens with zero attached hydrogens (tertiary/aromatic N) is 4. The van der Waals surface area contributed by atoms with Crippen LogP contribution in [0.3, 0.4) is 0 Å². The van der Waals surface area contributed by atoms with Gasteiger partial charge in [-0.05, 0) is 0 Å². The number of pyridine rings is 1. The van der Waals surface area contributed by atoms with Gasteiger partial charge in [-0.15, -0.1) is 0 Å². The van der Waals surface area contributed by atoms with Crippen molar-refractivity contribution in [2.75, 3.05) is 7.11 Å². The lowest BCUT2D eigenvalue weighted by atomic mass is 10.3. The number of rotatable bonds is 2. The maximum atomic E-state index is 8.69. The van der Waals surface area contributed by atoms with E-state index in [2.05, 4.69) is 9.97 Å². The highest BCUT2D eigenvalue weighted by Crippen LogP contribution is 2.21. The first-order valence-electron chi connectivity index (χ1n) is 4.27. The zero-order valence-electron chi connectivity index (χ0n) is 8.08. The van der Waals surface area contributed by atoms with Crippen LogP contribution in [-0.4, -0.2) is 21.6 Å². The standard InChI is InChI=1S/C10H8N4O/c1-15-10-4-8(5-11)13-6-9(10)14-3-2-12-7-14/h2-4,6-7H,1H3. The van der Waals surface area contributed by atoms with Crippen LogP contribution in [0.2, 0.25) is 0 Å². The fraction of sp³-hybridized carbons (Fsp3) is 0.100. The van der Waals surface area contributed by atoms with Crippen molar-refractivity contribution in [3.63, 3.8) is 0 Å². The highest BCUT2D eigenvalue weighted by Gasteiger charge is 2.06. The fourth-order valence-corrected chi connectivity index (χ4v) is 1.25. The second-order valence-corrected chi connectivity index (χ2v) is 2.82. The van der Waals surface area contributed by atoms with E-state index < -0.39 is 0 Å². The molecule has 0 aromatic carbocycles. The topological polar surface area (TPSA) is 63.7 Å². The minimum Gasteiger partial charge on any atom is -0.494 e. The van der Waals surface area contributed by atoms with Crippen molar-refractivity contribution >= 4 is 0 Å². The van der Waals surface area contributed by atoms with E-state index in [1.165, 1.54) is 0 Å². The Morgan fingerprint density at radius 1 is 1.53 bits per heavy atom. The summed E-state index contributed by atoms with van der Waals surface area (Å²) in [6.45, 7) is 0. The summed E-state index contributed by atoms with van der Waals surface area (Å²) in [6.07, 6.45) is 6.67. The largest absolute Gasteiger partial charge is 0.494 e. The SMILES string of the molecule is COc1cc(C#N)ncc1-n1ccnc1. The Morgan fingerprint density at radius 3 is 3.00 bits per heavy atom. The molecule has 15 heavy (non-hydrogen) atoms. The number of ether oxygens (including phenoxy) is 1. The van der Waals surface area contributed by atoms with Gasteiger partial charge < -0.3 is 9.30 Å². The second-order valence-electron chi connectivity index (χ2n) is 2.82. The summed E-state index contributed by atoms with van der Waals surface area (Å²) >= 11 is 0. The molecule has 0 aliphatic carbocycles. The minimum absolute atomic E-state index is 0.329. The second kappa shape index (κ2) is 3.80. The predicted molar refractivity (Wildman–Crippen MR) is 52.6 cm³/mol. The molecule has 2 heterocycles. The third-order valence-corrected chi connectivity index (χ3v) is 1.96. The lowest BCUT2D eigenvalue weighted by molar-refractivity contribution is 0.412. The molecule has 5 nitrogen and oxygen atoms in total. The van der Waals surface area contributed by atoms with Crippen LogP contribution >= 0.6 is 0 Å². The summed E-state index contributed by atoms with van der Waals surface area (Å²) in [5.41, 5.74) is 1.09. The summed E-state index contributed by atoms with van der Waals surface area (Å²) in [6, 6.07) is 3.55. The number of methoxy groups -OCH3 is 1. The molecule has 0 spiro atoms. The lowest BCUT2D eigenvalue weighted by Gasteiger charge is -2.07. The predicted octanol–water partition coefficient (Wildman–Crippen LogP) is 1.15. The Morgan fingerprint density at radius 2 is 2.40 bits per heavy atom. The highest BCUT2D eigenvalue weighted by atomic mass is 16.5. The molecule has 2 aromatic rings. The van der Waals surface area contributed by atoms with Gasteiger partial charge in [-0.25, -0.2) is 9.97 Å². The van der Waals surface area contributed by atoms with Crippen molar-refractivity contribution in [2.24, 2.45) is 0 Å². The van der Waals surface area contributed by atoms with Crippen molar-refractivity contribution in [3.05, 3.63) is 36.7 Å². The van der Waals surface area contributed by atoms with Crippen molar-refractivity contribution < 1.29 is 4.74 Å².